The molecule has 0 radical (unpaired) electrons. The van der Waals surface area contributed by atoms with Crippen LogP contribution in [0.2, 0.25) is 5.15 Å². The SMILES string of the molecule is Clc1nc2c(N3CCC3)nc(N3CCNCC3)nc2nc1OCCc1ccccc1. The minimum Gasteiger partial charge on any atom is -0.475 e. The van der Waals surface area contributed by atoms with Gasteiger partial charge >= 0.3 is 0 Å². The number of aromatic nitrogens is 4. The Balaban J connectivity index is 1.44. The van der Waals surface area contributed by atoms with Gasteiger partial charge in [0.25, 0.3) is 5.88 Å². The molecular formula is C21H24ClN7O. The van der Waals surface area contributed by atoms with E-state index in [9.17, 15) is 0 Å². The summed E-state index contributed by atoms with van der Waals surface area (Å²) in [5.41, 5.74) is 2.36. The molecule has 0 amide bonds. The summed E-state index contributed by atoms with van der Waals surface area (Å²) in [5.74, 6) is 1.82. The molecule has 5 rings (SSSR count). The van der Waals surface area contributed by atoms with Gasteiger partial charge in [-0.15, -0.1) is 0 Å². The smallest absolute Gasteiger partial charge is 0.254 e. The zero-order valence-corrected chi connectivity index (χ0v) is 17.5. The van der Waals surface area contributed by atoms with E-state index in [2.05, 4.69) is 37.2 Å². The molecule has 2 saturated heterocycles. The maximum Gasteiger partial charge on any atom is 0.254 e. The van der Waals surface area contributed by atoms with Gasteiger partial charge in [-0.1, -0.05) is 41.9 Å². The van der Waals surface area contributed by atoms with Crippen molar-refractivity contribution in [1.29, 1.82) is 0 Å². The molecule has 2 fully saturated rings. The number of nitrogens with zero attached hydrogens (tertiary/aromatic N) is 6. The van der Waals surface area contributed by atoms with Gasteiger partial charge in [-0.25, -0.2) is 4.98 Å². The number of ether oxygens (including phenoxy) is 1. The highest BCUT2D eigenvalue weighted by molar-refractivity contribution is 6.31. The summed E-state index contributed by atoms with van der Waals surface area (Å²) < 4.78 is 5.87. The van der Waals surface area contributed by atoms with Gasteiger partial charge in [-0.3, -0.25) is 0 Å². The summed E-state index contributed by atoms with van der Waals surface area (Å²) in [5, 5.41) is 3.61. The third kappa shape index (κ3) is 3.97. The van der Waals surface area contributed by atoms with E-state index < -0.39 is 0 Å². The molecule has 30 heavy (non-hydrogen) atoms. The molecule has 1 aromatic carbocycles. The summed E-state index contributed by atoms with van der Waals surface area (Å²) in [4.78, 5) is 23.1. The first-order valence-electron chi connectivity index (χ1n) is 10.4. The van der Waals surface area contributed by atoms with Gasteiger partial charge in [0.2, 0.25) is 5.95 Å². The Morgan fingerprint density at radius 1 is 0.933 bits per heavy atom. The van der Waals surface area contributed by atoms with E-state index in [1.54, 1.807) is 0 Å². The van der Waals surface area contributed by atoms with E-state index in [0.29, 0.717) is 29.6 Å². The highest BCUT2D eigenvalue weighted by Crippen LogP contribution is 2.31. The third-order valence-corrected chi connectivity index (χ3v) is 5.70. The van der Waals surface area contributed by atoms with Gasteiger partial charge in [-0.2, -0.15) is 15.0 Å². The monoisotopic (exact) mass is 425 g/mol. The van der Waals surface area contributed by atoms with E-state index in [1.165, 1.54) is 5.56 Å². The van der Waals surface area contributed by atoms with E-state index in [4.69, 9.17) is 26.3 Å². The fraction of sp³-hybridized carbons (Fsp3) is 0.429. The first-order chi connectivity index (χ1) is 14.8. The minimum absolute atomic E-state index is 0.246. The third-order valence-electron chi connectivity index (χ3n) is 5.46. The van der Waals surface area contributed by atoms with Gasteiger partial charge in [-0.05, 0) is 12.0 Å². The van der Waals surface area contributed by atoms with Crippen molar-refractivity contribution in [3.8, 4) is 5.88 Å². The van der Waals surface area contributed by atoms with E-state index in [1.807, 2.05) is 18.2 Å². The average Bonchev–Trinajstić information content (AvgIpc) is 2.74. The second-order valence-electron chi connectivity index (χ2n) is 7.50. The van der Waals surface area contributed by atoms with E-state index in [0.717, 1.165) is 57.9 Å². The van der Waals surface area contributed by atoms with Gasteiger partial charge in [0.1, 0.15) is 0 Å². The lowest BCUT2D eigenvalue weighted by Gasteiger charge is -2.34. The van der Waals surface area contributed by atoms with Gasteiger partial charge in [0.05, 0.1) is 6.61 Å². The predicted molar refractivity (Wildman–Crippen MR) is 118 cm³/mol. The van der Waals surface area contributed by atoms with Crippen LogP contribution >= 0.6 is 11.6 Å². The molecule has 156 valence electrons. The van der Waals surface area contributed by atoms with Crippen LogP contribution in [0.1, 0.15) is 12.0 Å². The molecule has 9 heteroatoms. The molecule has 0 bridgehead atoms. The lowest BCUT2D eigenvalue weighted by atomic mass is 10.2. The van der Waals surface area contributed by atoms with Crippen molar-refractivity contribution in [2.45, 2.75) is 12.8 Å². The number of anilines is 2. The summed E-state index contributed by atoms with van der Waals surface area (Å²) in [6.45, 7) is 5.96. The number of fused-ring (bicyclic) bond motifs is 1. The topological polar surface area (TPSA) is 79.3 Å². The number of hydrogen-bond acceptors (Lipinski definition) is 8. The second-order valence-corrected chi connectivity index (χ2v) is 7.86. The summed E-state index contributed by atoms with van der Waals surface area (Å²) in [6.07, 6.45) is 1.92. The minimum atomic E-state index is 0.246. The van der Waals surface area contributed by atoms with Crippen LogP contribution in [0.3, 0.4) is 0 Å². The van der Waals surface area contributed by atoms with Crippen molar-refractivity contribution < 1.29 is 4.74 Å². The van der Waals surface area contributed by atoms with Crippen LogP contribution in [0, 0.1) is 0 Å². The molecule has 8 nitrogen and oxygen atoms in total. The van der Waals surface area contributed by atoms with E-state index in [-0.39, 0.29) is 5.15 Å². The van der Waals surface area contributed by atoms with Crippen LogP contribution in [0.5, 0.6) is 5.88 Å². The standard InChI is InChI=1S/C21H24ClN7O/c22-17-20(30-14-7-15-5-2-1-3-6-15)25-18-16(24-17)19(28-10-4-11-28)27-21(26-18)29-12-8-23-9-13-29/h1-3,5-6,23H,4,7-14H2. The van der Waals surface area contributed by atoms with Crippen LogP contribution < -0.4 is 19.9 Å². The molecule has 2 aromatic heterocycles. The molecule has 0 atom stereocenters. The fourth-order valence-electron chi connectivity index (χ4n) is 3.64. The molecule has 0 spiro atoms. The molecule has 1 N–H and O–H groups in total. The Kier molecular flexibility index (Phi) is 5.50. The number of halogens is 1. The van der Waals surface area contributed by atoms with Crippen molar-refractivity contribution in [3.63, 3.8) is 0 Å². The first kappa shape index (κ1) is 19.3. The molecule has 0 aliphatic carbocycles. The largest absolute Gasteiger partial charge is 0.475 e. The maximum atomic E-state index is 6.42. The Hall–Kier alpha value is -2.71. The maximum absolute atomic E-state index is 6.42. The van der Waals surface area contributed by atoms with Gasteiger partial charge in [0, 0.05) is 45.7 Å². The zero-order chi connectivity index (χ0) is 20.3. The molecule has 0 saturated carbocycles. The normalized spacial score (nSPS) is 16.6. The number of rotatable bonds is 6. The highest BCUT2D eigenvalue weighted by atomic mass is 35.5. The van der Waals surface area contributed by atoms with Crippen molar-refractivity contribution in [2.24, 2.45) is 0 Å². The van der Waals surface area contributed by atoms with Crippen molar-refractivity contribution >= 4 is 34.5 Å². The van der Waals surface area contributed by atoms with Crippen LogP contribution in [-0.2, 0) is 6.42 Å². The Bertz CT molecular complexity index is 1020. The van der Waals surface area contributed by atoms with Crippen molar-refractivity contribution in [3.05, 3.63) is 41.0 Å². The van der Waals surface area contributed by atoms with Gasteiger partial charge in [0.15, 0.2) is 22.1 Å². The Morgan fingerprint density at radius 3 is 2.47 bits per heavy atom. The molecule has 4 heterocycles. The number of nitrogens with one attached hydrogen (secondary N) is 1. The number of benzene rings is 1. The van der Waals surface area contributed by atoms with Gasteiger partial charge < -0.3 is 19.9 Å². The predicted octanol–water partition coefficient (Wildman–Crippen LogP) is 2.31. The summed E-state index contributed by atoms with van der Waals surface area (Å²) in [7, 11) is 0. The molecule has 3 aromatic rings. The second kappa shape index (κ2) is 8.57. The van der Waals surface area contributed by atoms with E-state index >= 15 is 0 Å². The summed E-state index contributed by atoms with van der Waals surface area (Å²) >= 11 is 6.42. The van der Waals surface area contributed by atoms with Crippen LogP contribution in [0.15, 0.2) is 30.3 Å². The zero-order valence-electron chi connectivity index (χ0n) is 16.7. The lowest BCUT2D eigenvalue weighted by Crippen LogP contribution is -2.44. The average molecular weight is 426 g/mol. The van der Waals surface area contributed by atoms with Crippen molar-refractivity contribution in [2.75, 3.05) is 55.7 Å². The molecule has 0 unspecified atom stereocenters. The molecule has 2 aliphatic heterocycles. The Labute approximate surface area is 180 Å². The summed E-state index contributed by atoms with van der Waals surface area (Å²) in [6, 6.07) is 10.2. The highest BCUT2D eigenvalue weighted by Gasteiger charge is 2.25. The quantitative estimate of drug-likeness (QED) is 0.644. The van der Waals surface area contributed by atoms with Crippen LogP contribution in [-0.4, -0.2) is 65.8 Å². The Morgan fingerprint density at radius 2 is 1.73 bits per heavy atom. The fourth-order valence-corrected chi connectivity index (χ4v) is 3.82. The van der Waals surface area contributed by atoms with Crippen LogP contribution in [0.25, 0.3) is 11.2 Å². The number of piperazine rings is 1. The molecular weight excluding hydrogens is 402 g/mol. The molecule has 2 aliphatic rings. The van der Waals surface area contributed by atoms with Crippen LogP contribution in [0.4, 0.5) is 11.8 Å². The van der Waals surface area contributed by atoms with Crippen molar-refractivity contribution in [1.82, 2.24) is 25.3 Å². The first-order valence-corrected chi connectivity index (χ1v) is 10.8. The lowest BCUT2D eigenvalue weighted by molar-refractivity contribution is 0.309. The number of hydrogen-bond donors (Lipinski definition) is 1.